The molecule has 0 aliphatic rings. The maximum atomic E-state index is 6.10. The van der Waals surface area contributed by atoms with E-state index in [0.29, 0.717) is 12.8 Å². The minimum atomic E-state index is -0.974. The van der Waals surface area contributed by atoms with E-state index in [4.69, 9.17) is 46.4 Å². The van der Waals surface area contributed by atoms with E-state index >= 15 is 0 Å². The van der Waals surface area contributed by atoms with Gasteiger partial charge >= 0.3 is 0 Å². The lowest BCUT2D eigenvalue weighted by Gasteiger charge is -2.13. The monoisotopic (exact) mass is 311 g/mol. The number of hydrogen-bond donors (Lipinski definition) is 0. The molecule has 0 aliphatic carbocycles. The van der Waals surface area contributed by atoms with E-state index in [1.54, 1.807) is 6.21 Å². The Morgan fingerprint density at radius 3 is 2.41 bits per heavy atom. The normalized spacial score (nSPS) is 12.5. The molecule has 0 aromatic heterocycles. The summed E-state index contributed by atoms with van der Waals surface area (Å²) >= 11 is 23.4. The van der Waals surface area contributed by atoms with E-state index in [-0.39, 0.29) is 4.84 Å². The number of benzene rings is 1. The van der Waals surface area contributed by atoms with Crippen LogP contribution in [-0.4, -0.2) is 15.4 Å². The average Bonchev–Trinajstić information content (AvgIpc) is 2.27. The summed E-state index contributed by atoms with van der Waals surface area (Å²) in [5, 5.41) is 0. The van der Waals surface area contributed by atoms with E-state index in [1.807, 2.05) is 30.3 Å². The summed E-state index contributed by atoms with van der Waals surface area (Å²) in [4.78, 5) is 3.85. The molecule has 1 aromatic carbocycles. The van der Waals surface area contributed by atoms with Crippen molar-refractivity contribution in [2.45, 2.75) is 28.4 Å². The summed E-state index contributed by atoms with van der Waals surface area (Å²) in [6.45, 7) is 0. The van der Waals surface area contributed by atoms with Crippen LogP contribution in [0.5, 0.6) is 0 Å². The summed E-state index contributed by atoms with van der Waals surface area (Å²) < 4.78 is -0.974. The van der Waals surface area contributed by atoms with Crippen molar-refractivity contribution >= 4 is 58.3 Å². The van der Waals surface area contributed by atoms with Gasteiger partial charge < -0.3 is 0 Å². The molecule has 1 rings (SSSR count). The predicted molar refractivity (Wildman–Crippen MR) is 78.4 cm³/mol. The fourth-order valence-electron chi connectivity index (χ4n) is 1.24. The molecular weight excluding hydrogens is 300 g/mol. The van der Waals surface area contributed by atoms with E-state index in [1.165, 1.54) is 0 Å². The van der Waals surface area contributed by atoms with Crippen LogP contribution in [-0.2, 0) is 0 Å². The molecule has 0 N–H and O–H groups in total. The van der Waals surface area contributed by atoms with Crippen molar-refractivity contribution in [3.8, 4) is 0 Å². The number of halogens is 4. The highest BCUT2D eigenvalue weighted by Gasteiger charge is 2.21. The van der Waals surface area contributed by atoms with Crippen LogP contribution in [0, 0.1) is 0 Å². The Bertz CT molecular complexity index is 349. The molecule has 0 bridgehead atoms. The summed E-state index contributed by atoms with van der Waals surface area (Å²) in [7, 11) is 0. The van der Waals surface area contributed by atoms with Crippen molar-refractivity contribution < 1.29 is 0 Å². The van der Waals surface area contributed by atoms with Gasteiger partial charge in [-0.05, 0) is 31.4 Å². The van der Waals surface area contributed by atoms with Crippen molar-refractivity contribution in [1.82, 2.24) is 0 Å². The lowest BCUT2D eigenvalue weighted by atomic mass is 10.2. The highest BCUT2D eigenvalue weighted by molar-refractivity contribution is 6.56. The van der Waals surface area contributed by atoms with E-state index in [2.05, 4.69) is 4.99 Å². The summed E-state index contributed by atoms with van der Waals surface area (Å²) in [6, 6.07) is 9.50. The third kappa shape index (κ3) is 7.15. The minimum Gasteiger partial charge on any atom is -0.258 e. The standard InChI is InChI=1S/C12H13Cl4N/c13-11(14)7-4-8-12(15,16)9-17-10-5-2-1-3-6-10/h1-3,5-6,9,11H,4,7-8H2/b17-9+. The van der Waals surface area contributed by atoms with Crippen LogP contribution >= 0.6 is 46.4 Å². The van der Waals surface area contributed by atoms with Crippen LogP contribution in [0.3, 0.4) is 0 Å². The highest BCUT2D eigenvalue weighted by atomic mass is 35.5. The smallest absolute Gasteiger partial charge is 0.153 e. The molecular formula is C12H13Cl4N. The number of para-hydroxylation sites is 1. The van der Waals surface area contributed by atoms with Crippen LogP contribution in [0.2, 0.25) is 0 Å². The van der Waals surface area contributed by atoms with Gasteiger partial charge in [0.05, 0.1) is 5.69 Å². The molecule has 0 unspecified atom stereocenters. The Kier molecular flexibility index (Phi) is 6.65. The predicted octanol–water partition coefficient (Wildman–Crippen LogP) is 5.54. The number of hydrogen-bond acceptors (Lipinski definition) is 1. The quantitative estimate of drug-likeness (QED) is 0.483. The molecule has 1 aromatic rings. The molecule has 0 amide bonds. The number of nitrogens with zero attached hydrogens (tertiary/aromatic N) is 1. The molecule has 0 atom stereocenters. The topological polar surface area (TPSA) is 12.4 Å². The van der Waals surface area contributed by atoms with Crippen LogP contribution in [0.25, 0.3) is 0 Å². The van der Waals surface area contributed by atoms with Crippen molar-refractivity contribution in [3.05, 3.63) is 30.3 Å². The van der Waals surface area contributed by atoms with Gasteiger partial charge in [0, 0.05) is 6.21 Å². The van der Waals surface area contributed by atoms with E-state index in [9.17, 15) is 0 Å². The summed E-state index contributed by atoms with van der Waals surface area (Å²) in [6.07, 6.45) is 3.54. The number of alkyl halides is 4. The maximum absolute atomic E-state index is 6.10. The lowest BCUT2D eigenvalue weighted by Crippen LogP contribution is -2.14. The van der Waals surface area contributed by atoms with Crippen molar-refractivity contribution in [1.29, 1.82) is 0 Å². The Labute approximate surface area is 122 Å². The zero-order chi connectivity index (χ0) is 12.7. The Morgan fingerprint density at radius 1 is 1.18 bits per heavy atom. The van der Waals surface area contributed by atoms with Crippen molar-refractivity contribution in [2.24, 2.45) is 4.99 Å². The third-order valence-corrected chi connectivity index (χ3v) is 3.10. The highest BCUT2D eigenvalue weighted by Crippen LogP contribution is 2.28. The molecule has 0 heterocycles. The van der Waals surface area contributed by atoms with Gasteiger partial charge in [-0.2, -0.15) is 0 Å². The molecule has 17 heavy (non-hydrogen) atoms. The lowest BCUT2D eigenvalue weighted by molar-refractivity contribution is 0.713. The van der Waals surface area contributed by atoms with Gasteiger partial charge in [0.1, 0.15) is 4.84 Å². The fourth-order valence-corrected chi connectivity index (χ4v) is 1.91. The van der Waals surface area contributed by atoms with E-state index in [0.717, 1.165) is 12.1 Å². The van der Waals surface area contributed by atoms with Gasteiger partial charge in [-0.1, -0.05) is 41.4 Å². The molecule has 0 spiro atoms. The Balaban J connectivity index is 2.45. The van der Waals surface area contributed by atoms with Gasteiger partial charge in [-0.15, -0.1) is 23.2 Å². The van der Waals surface area contributed by atoms with Gasteiger partial charge in [-0.3, -0.25) is 4.99 Å². The molecule has 1 nitrogen and oxygen atoms in total. The molecule has 0 fully saturated rings. The van der Waals surface area contributed by atoms with Crippen LogP contribution in [0.15, 0.2) is 35.3 Å². The van der Waals surface area contributed by atoms with E-state index < -0.39 is 4.33 Å². The first-order valence-corrected chi connectivity index (χ1v) is 6.89. The molecule has 5 heteroatoms. The van der Waals surface area contributed by atoms with Crippen LogP contribution < -0.4 is 0 Å². The second-order valence-corrected chi connectivity index (χ2v) is 6.46. The molecule has 0 saturated carbocycles. The van der Waals surface area contributed by atoms with Crippen molar-refractivity contribution in [3.63, 3.8) is 0 Å². The first-order valence-electron chi connectivity index (χ1n) is 5.26. The minimum absolute atomic E-state index is 0.370. The van der Waals surface area contributed by atoms with Gasteiger partial charge in [0.2, 0.25) is 0 Å². The maximum Gasteiger partial charge on any atom is 0.153 e. The Hall–Kier alpha value is 0.0500. The first-order chi connectivity index (χ1) is 7.99. The summed E-state index contributed by atoms with van der Waals surface area (Å²) in [5.74, 6) is 0. The molecule has 94 valence electrons. The molecule has 0 radical (unpaired) electrons. The average molecular weight is 313 g/mol. The zero-order valence-corrected chi connectivity index (χ0v) is 12.1. The van der Waals surface area contributed by atoms with Crippen molar-refractivity contribution in [2.75, 3.05) is 0 Å². The van der Waals surface area contributed by atoms with Crippen LogP contribution in [0.1, 0.15) is 19.3 Å². The second kappa shape index (κ2) is 7.48. The third-order valence-electron chi connectivity index (χ3n) is 2.09. The van der Waals surface area contributed by atoms with Gasteiger partial charge in [-0.25, -0.2) is 0 Å². The Morgan fingerprint density at radius 2 is 1.82 bits per heavy atom. The molecule has 0 aliphatic heterocycles. The van der Waals surface area contributed by atoms with Gasteiger partial charge in [0.25, 0.3) is 0 Å². The summed E-state index contributed by atoms with van der Waals surface area (Å²) in [5.41, 5.74) is 0.825. The fraction of sp³-hybridized carbons (Fsp3) is 0.417. The number of rotatable bonds is 6. The zero-order valence-electron chi connectivity index (χ0n) is 9.12. The molecule has 0 saturated heterocycles. The first kappa shape index (κ1) is 15.1. The second-order valence-electron chi connectivity index (χ2n) is 3.64. The van der Waals surface area contributed by atoms with Crippen LogP contribution in [0.4, 0.5) is 5.69 Å². The SMILES string of the molecule is ClC(Cl)CCCC(Cl)(Cl)/C=N/c1ccccc1. The number of aliphatic imine (C=N–C) groups is 1. The van der Waals surface area contributed by atoms with Gasteiger partial charge in [0.15, 0.2) is 4.33 Å². The largest absolute Gasteiger partial charge is 0.258 e.